The predicted octanol–water partition coefficient (Wildman–Crippen LogP) is 2.49. The van der Waals surface area contributed by atoms with Crippen molar-refractivity contribution in [3.05, 3.63) is 60.2 Å². The van der Waals surface area contributed by atoms with E-state index >= 15 is 0 Å². The van der Waals surface area contributed by atoms with Gasteiger partial charge in [-0.2, -0.15) is 0 Å². The molecule has 0 spiro atoms. The lowest BCUT2D eigenvalue weighted by atomic mass is 10.2. The molecule has 0 aliphatic carbocycles. The smallest absolute Gasteiger partial charge is 0.259 e. The number of unbranched alkanes of at least 4 members (excludes halogenated alkanes) is 1. The van der Waals surface area contributed by atoms with Crippen LogP contribution in [0.25, 0.3) is 0 Å². The molecule has 1 aliphatic rings. The molecule has 2 aromatic carbocycles. The zero-order valence-electron chi connectivity index (χ0n) is 19.1. The maximum Gasteiger partial charge on any atom is 0.259 e. The minimum atomic E-state index is -0.124. The van der Waals surface area contributed by atoms with Crippen LogP contribution in [0.5, 0.6) is 5.75 Å². The second kappa shape index (κ2) is 12.1. The molecule has 1 N–H and O–H groups in total. The van der Waals surface area contributed by atoms with Crippen molar-refractivity contribution in [1.29, 1.82) is 0 Å². The van der Waals surface area contributed by atoms with Crippen LogP contribution < -0.4 is 15.0 Å². The lowest BCUT2D eigenvalue weighted by Gasteiger charge is -2.36. The van der Waals surface area contributed by atoms with E-state index in [2.05, 4.69) is 45.4 Å². The molecule has 0 saturated carbocycles. The molecule has 1 aliphatic heterocycles. The molecule has 2 aromatic rings. The molecule has 7 heteroatoms. The molecular formula is C25H34N4O3. The number of para-hydroxylation sites is 1. The third-order valence-corrected chi connectivity index (χ3v) is 5.64. The Balaban J connectivity index is 1.31. The average molecular weight is 439 g/mol. The molecule has 0 bridgehead atoms. The van der Waals surface area contributed by atoms with Crippen LogP contribution in [0, 0.1) is 0 Å². The predicted molar refractivity (Wildman–Crippen MR) is 127 cm³/mol. The van der Waals surface area contributed by atoms with Gasteiger partial charge in [-0.1, -0.05) is 24.3 Å². The summed E-state index contributed by atoms with van der Waals surface area (Å²) in [6, 6.07) is 17.5. The third kappa shape index (κ3) is 7.27. The lowest BCUT2D eigenvalue weighted by molar-refractivity contribution is -0.130. The van der Waals surface area contributed by atoms with E-state index in [1.165, 1.54) is 10.6 Å². The Bertz CT molecular complexity index is 865. The van der Waals surface area contributed by atoms with E-state index in [0.717, 1.165) is 45.6 Å². The summed E-state index contributed by atoms with van der Waals surface area (Å²) in [7, 11) is 3.36. The first-order chi connectivity index (χ1) is 15.5. The second-order valence-electron chi connectivity index (χ2n) is 8.23. The fourth-order valence-corrected chi connectivity index (χ4v) is 3.63. The number of ether oxygens (including phenoxy) is 1. The summed E-state index contributed by atoms with van der Waals surface area (Å²) in [5.74, 6) is 0.273. The van der Waals surface area contributed by atoms with Gasteiger partial charge >= 0.3 is 0 Å². The van der Waals surface area contributed by atoms with Crippen molar-refractivity contribution in [2.24, 2.45) is 0 Å². The van der Waals surface area contributed by atoms with Gasteiger partial charge in [-0.15, -0.1) is 0 Å². The highest BCUT2D eigenvalue weighted by atomic mass is 16.5. The van der Waals surface area contributed by atoms with Crippen LogP contribution >= 0.6 is 0 Å². The van der Waals surface area contributed by atoms with Crippen molar-refractivity contribution in [1.82, 2.24) is 15.1 Å². The largest absolute Gasteiger partial charge is 0.484 e. The minimum Gasteiger partial charge on any atom is -0.484 e. The molecule has 172 valence electrons. The van der Waals surface area contributed by atoms with Crippen LogP contribution in [-0.4, -0.2) is 81.6 Å². The van der Waals surface area contributed by atoms with Crippen molar-refractivity contribution in [2.75, 3.05) is 64.9 Å². The minimum absolute atomic E-state index is 0.0440. The molecule has 7 nitrogen and oxygen atoms in total. The van der Waals surface area contributed by atoms with Gasteiger partial charge in [0.05, 0.1) is 0 Å². The molecule has 1 heterocycles. The summed E-state index contributed by atoms with van der Waals surface area (Å²) in [6.45, 7) is 5.92. The Morgan fingerprint density at radius 3 is 2.44 bits per heavy atom. The molecular weight excluding hydrogens is 404 g/mol. The van der Waals surface area contributed by atoms with Crippen molar-refractivity contribution < 1.29 is 14.3 Å². The Labute approximate surface area is 190 Å². The summed E-state index contributed by atoms with van der Waals surface area (Å²) < 4.78 is 5.49. The number of likely N-dealkylation sites (N-methyl/N-ethyl adjacent to an activating group) is 1. The highest BCUT2D eigenvalue weighted by molar-refractivity contribution is 5.94. The number of rotatable bonds is 10. The summed E-state index contributed by atoms with van der Waals surface area (Å²) in [4.78, 5) is 30.5. The Hall–Kier alpha value is -3.06. The van der Waals surface area contributed by atoms with Gasteiger partial charge in [0.1, 0.15) is 5.75 Å². The first-order valence-corrected chi connectivity index (χ1v) is 11.3. The molecule has 0 atom stereocenters. The van der Waals surface area contributed by atoms with Crippen LogP contribution in [0.4, 0.5) is 5.69 Å². The number of anilines is 1. The number of hydrogen-bond acceptors (Lipinski definition) is 5. The normalized spacial score (nSPS) is 14.1. The number of hydrogen-bond donors (Lipinski definition) is 1. The summed E-state index contributed by atoms with van der Waals surface area (Å²) >= 11 is 0. The van der Waals surface area contributed by atoms with E-state index in [-0.39, 0.29) is 18.4 Å². The van der Waals surface area contributed by atoms with Crippen LogP contribution in [-0.2, 0) is 4.79 Å². The number of carbonyl (C=O) groups is 2. The maximum absolute atomic E-state index is 12.4. The van der Waals surface area contributed by atoms with E-state index < -0.39 is 0 Å². The Morgan fingerprint density at radius 2 is 1.72 bits per heavy atom. The molecule has 0 aromatic heterocycles. The average Bonchev–Trinajstić information content (AvgIpc) is 2.83. The molecule has 32 heavy (non-hydrogen) atoms. The van der Waals surface area contributed by atoms with E-state index in [0.29, 0.717) is 17.9 Å². The van der Waals surface area contributed by atoms with Crippen molar-refractivity contribution >= 4 is 17.5 Å². The lowest BCUT2D eigenvalue weighted by Crippen LogP contribution is -2.46. The zero-order valence-corrected chi connectivity index (χ0v) is 19.1. The van der Waals surface area contributed by atoms with E-state index in [4.69, 9.17) is 4.74 Å². The first-order valence-electron chi connectivity index (χ1n) is 11.3. The number of nitrogens with one attached hydrogen (secondary N) is 1. The van der Waals surface area contributed by atoms with Crippen LogP contribution in [0.3, 0.4) is 0 Å². The number of nitrogens with zero attached hydrogens (tertiary/aromatic N) is 3. The summed E-state index contributed by atoms with van der Waals surface area (Å²) in [5.41, 5.74) is 1.84. The van der Waals surface area contributed by atoms with Crippen LogP contribution in [0.1, 0.15) is 23.2 Å². The number of amides is 2. The molecule has 1 fully saturated rings. The van der Waals surface area contributed by atoms with Gasteiger partial charge in [0.25, 0.3) is 11.8 Å². The first kappa shape index (κ1) is 23.6. The van der Waals surface area contributed by atoms with Gasteiger partial charge in [0.15, 0.2) is 6.61 Å². The topological polar surface area (TPSA) is 65.1 Å². The van der Waals surface area contributed by atoms with Crippen molar-refractivity contribution in [3.63, 3.8) is 0 Å². The number of piperazine rings is 1. The number of benzene rings is 2. The van der Waals surface area contributed by atoms with Crippen molar-refractivity contribution in [2.45, 2.75) is 12.8 Å². The maximum atomic E-state index is 12.4. The number of carbonyl (C=O) groups excluding carboxylic acids is 2. The Morgan fingerprint density at radius 1 is 0.969 bits per heavy atom. The van der Waals surface area contributed by atoms with Crippen LogP contribution in [0.2, 0.25) is 0 Å². The molecule has 2 amide bonds. The highest BCUT2D eigenvalue weighted by Gasteiger charge is 2.16. The third-order valence-electron chi connectivity index (χ3n) is 5.64. The highest BCUT2D eigenvalue weighted by Crippen LogP contribution is 2.16. The van der Waals surface area contributed by atoms with Crippen LogP contribution in [0.15, 0.2) is 54.6 Å². The standard InChI is InChI=1S/C25H34N4O3/c1-27(2)24(30)20-32-23-12-8-9-21(19-23)25(31)26-13-6-7-14-28-15-17-29(18-16-28)22-10-4-3-5-11-22/h3-5,8-12,19H,6-7,13-18,20H2,1-2H3,(H,26,31). The monoisotopic (exact) mass is 438 g/mol. The van der Waals surface area contributed by atoms with Crippen molar-refractivity contribution in [3.8, 4) is 5.75 Å². The van der Waals surface area contributed by atoms with Gasteiger partial charge in [-0.05, 0) is 49.7 Å². The summed E-state index contributed by atoms with van der Waals surface area (Å²) in [6.07, 6.45) is 2.00. The quantitative estimate of drug-likeness (QED) is 0.578. The zero-order chi connectivity index (χ0) is 22.8. The van der Waals surface area contributed by atoms with Gasteiger partial charge in [0, 0.05) is 58.1 Å². The fourth-order valence-electron chi connectivity index (χ4n) is 3.63. The molecule has 0 unspecified atom stereocenters. The van der Waals surface area contributed by atoms with E-state index in [9.17, 15) is 9.59 Å². The molecule has 0 radical (unpaired) electrons. The van der Waals surface area contributed by atoms with E-state index in [1.807, 2.05) is 0 Å². The fraction of sp³-hybridized carbons (Fsp3) is 0.440. The second-order valence-corrected chi connectivity index (χ2v) is 8.23. The molecule has 3 rings (SSSR count). The van der Waals surface area contributed by atoms with Gasteiger partial charge in [-0.3, -0.25) is 14.5 Å². The van der Waals surface area contributed by atoms with E-state index in [1.54, 1.807) is 38.4 Å². The Kier molecular flexibility index (Phi) is 8.92. The van der Waals surface area contributed by atoms with Gasteiger partial charge in [-0.25, -0.2) is 0 Å². The molecule has 1 saturated heterocycles. The van der Waals surface area contributed by atoms with Gasteiger partial charge in [0.2, 0.25) is 0 Å². The summed E-state index contributed by atoms with van der Waals surface area (Å²) in [5, 5.41) is 2.98. The SMILES string of the molecule is CN(C)C(=O)COc1cccc(C(=O)NCCCCN2CCN(c3ccccc3)CC2)c1. The van der Waals surface area contributed by atoms with Gasteiger partial charge < -0.3 is 19.9 Å².